The number of amides is 1. The van der Waals surface area contributed by atoms with Crippen molar-refractivity contribution >= 4 is 17.2 Å². The minimum Gasteiger partial charge on any atom is -0.381 e. The molecule has 1 amide bonds. The number of hydrogen-bond acceptors (Lipinski definition) is 6. The van der Waals surface area contributed by atoms with Crippen molar-refractivity contribution in [2.24, 2.45) is 5.92 Å². The van der Waals surface area contributed by atoms with E-state index in [4.69, 9.17) is 14.2 Å². The fourth-order valence-electron chi connectivity index (χ4n) is 2.41. The second-order valence-electron chi connectivity index (χ2n) is 4.88. The van der Waals surface area contributed by atoms with Crippen molar-refractivity contribution in [2.45, 2.75) is 19.3 Å². The Morgan fingerprint density at radius 1 is 1.40 bits per heavy atom. The first-order valence-corrected chi connectivity index (χ1v) is 7.69. The van der Waals surface area contributed by atoms with Crippen molar-refractivity contribution < 1.29 is 19.0 Å². The van der Waals surface area contributed by atoms with Crippen LogP contribution < -0.4 is 0 Å². The zero-order valence-corrected chi connectivity index (χ0v) is 12.0. The first kappa shape index (κ1) is 13.9. The first-order chi connectivity index (χ1) is 9.83. The second kappa shape index (κ2) is 6.62. The highest BCUT2D eigenvalue weighted by Crippen LogP contribution is 2.19. The van der Waals surface area contributed by atoms with Crippen LogP contribution in [-0.2, 0) is 25.5 Å². The molecule has 0 bridgehead atoms. The Labute approximate surface area is 121 Å². The van der Waals surface area contributed by atoms with Crippen LogP contribution in [0.4, 0.5) is 0 Å². The molecule has 2 aliphatic rings. The van der Waals surface area contributed by atoms with E-state index in [1.54, 1.807) is 22.4 Å². The normalized spacial score (nSPS) is 23.3. The average molecular weight is 298 g/mol. The predicted molar refractivity (Wildman–Crippen MR) is 72.1 cm³/mol. The molecule has 3 rings (SSSR count). The van der Waals surface area contributed by atoms with Crippen LogP contribution >= 0.6 is 11.3 Å². The number of carbonyl (C=O) groups is 1. The summed E-state index contributed by atoms with van der Waals surface area (Å²) in [7, 11) is 0. The van der Waals surface area contributed by atoms with Crippen molar-refractivity contribution in [1.29, 1.82) is 0 Å². The highest BCUT2D eigenvalue weighted by atomic mass is 32.1. The van der Waals surface area contributed by atoms with Gasteiger partial charge in [-0.25, -0.2) is 4.98 Å². The van der Waals surface area contributed by atoms with Gasteiger partial charge in [0.25, 0.3) is 0 Å². The molecular formula is C13H18N2O4S. The van der Waals surface area contributed by atoms with E-state index in [1.807, 2.05) is 5.38 Å². The minimum atomic E-state index is -0.318. The average Bonchev–Trinajstić information content (AvgIpc) is 3.20. The largest absolute Gasteiger partial charge is 0.381 e. The fourth-order valence-corrected chi connectivity index (χ4v) is 3.04. The molecule has 2 saturated heterocycles. The van der Waals surface area contributed by atoms with Crippen LogP contribution in [0.15, 0.2) is 11.6 Å². The first-order valence-electron chi connectivity index (χ1n) is 6.81. The molecule has 6 nitrogen and oxygen atoms in total. The third kappa shape index (κ3) is 3.35. The monoisotopic (exact) mass is 298 g/mol. The van der Waals surface area contributed by atoms with Gasteiger partial charge in [-0.3, -0.25) is 4.79 Å². The van der Waals surface area contributed by atoms with Gasteiger partial charge in [-0.15, -0.1) is 11.3 Å². The number of carbonyl (C=O) groups excluding carboxylic acids is 1. The lowest BCUT2D eigenvalue weighted by atomic mass is 10.1. The van der Waals surface area contributed by atoms with Crippen molar-refractivity contribution in [1.82, 2.24) is 9.88 Å². The summed E-state index contributed by atoms with van der Waals surface area (Å²) in [6.07, 6.45) is 2.23. The molecule has 2 aliphatic heterocycles. The number of rotatable bonds is 5. The molecule has 0 unspecified atom stereocenters. The Balaban J connectivity index is 1.66. The molecule has 1 atom stereocenters. The molecule has 1 aromatic rings. The van der Waals surface area contributed by atoms with E-state index in [0.29, 0.717) is 39.5 Å². The summed E-state index contributed by atoms with van der Waals surface area (Å²) < 4.78 is 16.2. The second-order valence-corrected chi connectivity index (χ2v) is 5.86. The summed E-state index contributed by atoms with van der Waals surface area (Å²) in [5.41, 5.74) is 0. The highest BCUT2D eigenvalue weighted by molar-refractivity contribution is 7.09. The number of hydrogen-bond donors (Lipinski definition) is 0. The summed E-state index contributed by atoms with van der Waals surface area (Å²) in [4.78, 5) is 18.6. The van der Waals surface area contributed by atoms with Crippen molar-refractivity contribution in [3.05, 3.63) is 16.6 Å². The lowest BCUT2D eigenvalue weighted by Crippen LogP contribution is -2.41. The number of aromatic nitrogens is 1. The molecule has 7 heteroatoms. The van der Waals surface area contributed by atoms with Crippen LogP contribution in [0.1, 0.15) is 11.4 Å². The Bertz CT molecular complexity index is 428. The molecule has 1 aromatic heterocycles. The summed E-state index contributed by atoms with van der Waals surface area (Å²) in [5.74, 6) is 0.0631. The van der Waals surface area contributed by atoms with Crippen LogP contribution in [0, 0.1) is 5.92 Å². The fraction of sp³-hybridized carbons (Fsp3) is 0.692. The Morgan fingerprint density at radius 3 is 2.90 bits per heavy atom. The molecule has 0 saturated carbocycles. The van der Waals surface area contributed by atoms with Gasteiger partial charge in [0, 0.05) is 18.2 Å². The molecule has 0 spiro atoms. The van der Waals surface area contributed by atoms with Gasteiger partial charge in [0.15, 0.2) is 6.29 Å². The van der Waals surface area contributed by atoms with E-state index in [9.17, 15) is 4.79 Å². The standard InChI is InChI=1S/C13H18N2O4S/c16-13(10-1-3-17-9-10)15(7-11-14-2-6-20-11)8-12-18-4-5-19-12/h2,6,10,12H,1,3-5,7-9H2/t10-/m1/s1. The third-order valence-corrected chi connectivity index (χ3v) is 4.22. The smallest absolute Gasteiger partial charge is 0.228 e. The van der Waals surface area contributed by atoms with E-state index in [0.717, 1.165) is 11.4 Å². The number of ether oxygens (including phenoxy) is 3. The van der Waals surface area contributed by atoms with Gasteiger partial charge in [0.2, 0.25) is 5.91 Å². The number of nitrogens with zero attached hydrogens (tertiary/aromatic N) is 2. The Morgan fingerprint density at radius 2 is 2.25 bits per heavy atom. The summed E-state index contributed by atoms with van der Waals surface area (Å²) in [5, 5.41) is 2.84. The van der Waals surface area contributed by atoms with Crippen molar-refractivity contribution in [2.75, 3.05) is 33.0 Å². The lowest BCUT2D eigenvalue weighted by Gasteiger charge is -2.26. The van der Waals surface area contributed by atoms with Crippen molar-refractivity contribution in [3.8, 4) is 0 Å². The maximum absolute atomic E-state index is 12.6. The maximum Gasteiger partial charge on any atom is 0.228 e. The summed E-state index contributed by atoms with van der Waals surface area (Å²) in [6, 6.07) is 0. The summed E-state index contributed by atoms with van der Waals surface area (Å²) >= 11 is 1.55. The molecule has 3 heterocycles. The van der Waals surface area contributed by atoms with Crippen LogP contribution in [-0.4, -0.2) is 55.1 Å². The molecule has 20 heavy (non-hydrogen) atoms. The Kier molecular flexibility index (Phi) is 4.62. The van der Waals surface area contributed by atoms with Gasteiger partial charge < -0.3 is 19.1 Å². The van der Waals surface area contributed by atoms with Crippen LogP contribution in [0.25, 0.3) is 0 Å². The van der Waals surface area contributed by atoms with Crippen LogP contribution in [0.2, 0.25) is 0 Å². The SMILES string of the molecule is O=C([C@@H]1CCOC1)N(Cc1nccs1)CC1OCCO1. The molecule has 110 valence electrons. The maximum atomic E-state index is 12.6. The molecule has 0 radical (unpaired) electrons. The van der Waals surface area contributed by atoms with E-state index in [2.05, 4.69) is 4.98 Å². The van der Waals surface area contributed by atoms with E-state index < -0.39 is 0 Å². The van der Waals surface area contributed by atoms with Crippen molar-refractivity contribution in [3.63, 3.8) is 0 Å². The van der Waals surface area contributed by atoms with Gasteiger partial charge >= 0.3 is 0 Å². The van der Waals surface area contributed by atoms with Gasteiger partial charge in [0.1, 0.15) is 5.01 Å². The summed E-state index contributed by atoms with van der Waals surface area (Å²) in [6.45, 7) is 3.33. The third-order valence-electron chi connectivity index (χ3n) is 3.46. The quantitative estimate of drug-likeness (QED) is 0.807. The molecule has 0 aromatic carbocycles. The van der Waals surface area contributed by atoms with E-state index >= 15 is 0 Å². The lowest BCUT2D eigenvalue weighted by molar-refractivity contribution is -0.142. The van der Waals surface area contributed by atoms with Gasteiger partial charge in [-0.2, -0.15) is 0 Å². The molecule has 2 fully saturated rings. The number of thiazole rings is 1. The predicted octanol–water partition coefficient (Wildman–Crippen LogP) is 0.881. The topological polar surface area (TPSA) is 60.9 Å². The zero-order valence-electron chi connectivity index (χ0n) is 11.2. The van der Waals surface area contributed by atoms with Crippen LogP contribution in [0.5, 0.6) is 0 Å². The van der Waals surface area contributed by atoms with Gasteiger partial charge in [0.05, 0.1) is 38.8 Å². The van der Waals surface area contributed by atoms with Gasteiger partial charge in [-0.1, -0.05) is 0 Å². The molecule has 0 N–H and O–H groups in total. The molecular weight excluding hydrogens is 280 g/mol. The highest BCUT2D eigenvalue weighted by Gasteiger charge is 2.31. The van der Waals surface area contributed by atoms with Crippen LogP contribution in [0.3, 0.4) is 0 Å². The van der Waals surface area contributed by atoms with E-state index in [1.165, 1.54) is 0 Å². The Hall–Kier alpha value is -1.02. The van der Waals surface area contributed by atoms with E-state index in [-0.39, 0.29) is 18.1 Å². The van der Waals surface area contributed by atoms with Gasteiger partial charge in [-0.05, 0) is 6.42 Å². The minimum absolute atomic E-state index is 0.0450. The molecule has 0 aliphatic carbocycles. The zero-order chi connectivity index (χ0) is 13.8.